The van der Waals surface area contributed by atoms with Gasteiger partial charge < -0.3 is 19.5 Å². The van der Waals surface area contributed by atoms with E-state index in [1.807, 2.05) is 64.1 Å². The fraction of sp³-hybridized carbons (Fsp3) is 0.435. The summed E-state index contributed by atoms with van der Waals surface area (Å²) >= 11 is 0. The smallest absolute Gasteiger partial charge is 0.261 e. The van der Waals surface area contributed by atoms with Crippen molar-refractivity contribution in [1.29, 1.82) is 0 Å². The van der Waals surface area contributed by atoms with Gasteiger partial charge in [0.25, 0.3) is 5.91 Å². The van der Waals surface area contributed by atoms with Crippen molar-refractivity contribution in [2.45, 2.75) is 58.8 Å². The highest BCUT2D eigenvalue weighted by Gasteiger charge is 2.35. The van der Waals surface area contributed by atoms with Crippen LogP contribution in [0, 0.1) is 13.8 Å². The van der Waals surface area contributed by atoms with Gasteiger partial charge in [0.1, 0.15) is 22.8 Å². The monoisotopic (exact) mass is 383 g/mol. The van der Waals surface area contributed by atoms with Gasteiger partial charge >= 0.3 is 0 Å². The Morgan fingerprint density at radius 1 is 1.25 bits per heavy atom. The Hall–Kier alpha value is -2.69. The highest BCUT2D eigenvalue weighted by atomic mass is 16.5. The number of rotatable bonds is 5. The molecule has 5 heteroatoms. The molecule has 2 unspecified atom stereocenters. The third-order valence-corrected chi connectivity index (χ3v) is 5.22. The highest BCUT2D eigenvalue weighted by Crippen LogP contribution is 2.41. The normalized spacial score (nSPS) is 18.4. The van der Waals surface area contributed by atoms with E-state index in [1.165, 1.54) is 0 Å². The Morgan fingerprint density at radius 2 is 2.00 bits per heavy atom. The molecule has 28 heavy (non-hydrogen) atoms. The van der Waals surface area contributed by atoms with Crippen molar-refractivity contribution in [1.82, 2.24) is 5.32 Å². The lowest BCUT2D eigenvalue weighted by Crippen LogP contribution is -2.44. The molecular weight excluding hydrogens is 354 g/mol. The number of hydrogen-bond donors (Lipinski definition) is 1. The van der Waals surface area contributed by atoms with Crippen LogP contribution in [0.4, 0.5) is 0 Å². The Bertz CT molecular complexity index is 875. The van der Waals surface area contributed by atoms with Gasteiger partial charge in [-0.05, 0) is 70.0 Å². The molecule has 150 valence electrons. The van der Waals surface area contributed by atoms with Crippen molar-refractivity contribution in [2.24, 2.45) is 0 Å². The van der Waals surface area contributed by atoms with Gasteiger partial charge in [0.15, 0.2) is 6.10 Å². The van der Waals surface area contributed by atoms with E-state index in [0.29, 0.717) is 6.42 Å². The number of ether oxygens (including phenoxy) is 3. The number of carbonyl (C=O) groups excluding carboxylic acids is 1. The summed E-state index contributed by atoms with van der Waals surface area (Å²) in [7, 11) is 1.63. The molecule has 0 bridgehead atoms. The largest absolute Gasteiger partial charge is 0.497 e. The first-order valence-electron chi connectivity index (χ1n) is 9.60. The lowest BCUT2D eigenvalue weighted by atomic mass is 9.89. The molecule has 1 aliphatic rings. The standard InChI is InChI=1S/C23H29NO4/c1-14-8-7-9-20(15(14)2)27-16(3)22(25)24-19-13-23(4,5)28-21-11-10-17(26-6)12-18(19)21/h7-12,16,19H,13H2,1-6H3,(H,24,25). The third kappa shape index (κ3) is 4.24. The maximum Gasteiger partial charge on any atom is 0.261 e. The van der Waals surface area contributed by atoms with Gasteiger partial charge in [-0.1, -0.05) is 12.1 Å². The van der Waals surface area contributed by atoms with Crippen molar-refractivity contribution >= 4 is 5.91 Å². The molecule has 0 saturated heterocycles. The zero-order valence-corrected chi connectivity index (χ0v) is 17.5. The van der Waals surface area contributed by atoms with Crippen LogP contribution in [0.5, 0.6) is 17.2 Å². The molecule has 0 saturated carbocycles. The summed E-state index contributed by atoms with van der Waals surface area (Å²) < 4.78 is 17.4. The first-order chi connectivity index (χ1) is 13.2. The molecule has 0 aromatic heterocycles. The minimum absolute atomic E-state index is 0.155. The van der Waals surface area contributed by atoms with Gasteiger partial charge in [0.2, 0.25) is 0 Å². The van der Waals surface area contributed by atoms with E-state index in [-0.39, 0.29) is 17.6 Å². The van der Waals surface area contributed by atoms with Crippen LogP contribution in [-0.4, -0.2) is 24.7 Å². The van der Waals surface area contributed by atoms with E-state index >= 15 is 0 Å². The van der Waals surface area contributed by atoms with Crippen LogP contribution >= 0.6 is 0 Å². The van der Waals surface area contributed by atoms with Crippen LogP contribution in [0.15, 0.2) is 36.4 Å². The summed E-state index contributed by atoms with van der Waals surface area (Å²) in [6.45, 7) is 9.85. The number of carbonyl (C=O) groups is 1. The fourth-order valence-electron chi connectivity index (χ4n) is 3.47. The van der Waals surface area contributed by atoms with Crippen LogP contribution in [0.3, 0.4) is 0 Å². The molecule has 2 aromatic rings. The average molecular weight is 383 g/mol. The summed E-state index contributed by atoms with van der Waals surface area (Å²) in [5, 5.41) is 3.14. The summed E-state index contributed by atoms with van der Waals surface area (Å²) in [5.74, 6) is 2.08. The molecule has 3 rings (SSSR count). The van der Waals surface area contributed by atoms with Crippen molar-refractivity contribution in [3.8, 4) is 17.2 Å². The van der Waals surface area contributed by atoms with Crippen molar-refractivity contribution < 1.29 is 19.0 Å². The van der Waals surface area contributed by atoms with Crippen LogP contribution in [0.25, 0.3) is 0 Å². The van der Waals surface area contributed by atoms with Gasteiger partial charge in [-0.2, -0.15) is 0 Å². The first-order valence-corrected chi connectivity index (χ1v) is 9.60. The predicted octanol–water partition coefficient (Wildman–Crippen LogP) is 4.50. The molecule has 1 aliphatic heterocycles. The number of fused-ring (bicyclic) bond motifs is 1. The fourth-order valence-corrected chi connectivity index (χ4v) is 3.47. The van der Waals surface area contributed by atoms with Crippen molar-refractivity contribution in [3.63, 3.8) is 0 Å². The maximum atomic E-state index is 12.9. The van der Waals surface area contributed by atoms with Crippen LogP contribution in [0.2, 0.25) is 0 Å². The Labute approximate surface area is 167 Å². The topological polar surface area (TPSA) is 56.8 Å². The number of amides is 1. The molecule has 0 spiro atoms. The number of benzene rings is 2. The second kappa shape index (κ2) is 7.74. The van der Waals surface area contributed by atoms with Gasteiger partial charge in [0.05, 0.1) is 13.2 Å². The van der Waals surface area contributed by atoms with Crippen LogP contribution in [-0.2, 0) is 4.79 Å². The first kappa shape index (κ1) is 20.1. The average Bonchev–Trinajstić information content (AvgIpc) is 2.64. The summed E-state index contributed by atoms with van der Waals surface area (Å²) in [6, 6.07) is 11.4. The molecule has 2 aromatic carbocycles. The Kier molecular flexibility index (Phi) is 5.54. The van der Waals surface area contributed by atoms with Gasteiger partial charge in [-0.15, -0.1) is 0 Å². The zero-order valence-electron chi connectivity index (χ0n) is 17.5. The van der Waals surface area contributed by atoms with Crippen molar-refractivity contribution in [2.75, 3.05) is 7.11 Å². The van der Waals surface area contributed by atoms with Crippen LogP contribution in [0.1, 0.15) is 49.9 Å². The number of hydrogen-bond acceptors (Lipinski definition) is 4. The second-order valence-corrected chi connectivity index (χ2v) is 7.99. The number of aryl methyl sites for hydroxylation is 1. The van der Waals surface area contributed by atoms with Gasteiger partial charge in [-0.3, -0.25) is 4.79 Å². The zero-order chi connectivity index (χ0) is 20.5. The molecule has 1 amide bonds. The molecule has 0 radical (unpaired) electrons. The van der Waals surface area contributed by atoms with Crippen LogP contribution < -0.4 is 19.5 Å². The minimum Gasteiger partial charge on any atom is -0.497 e. The number of nitrogens with one attached hydrogen (secondary N) is 1. The minimum atomic E-state index is -0.611. The SMILES string of the molecule is COc1ccc2c(c1)C(NC(=O)C(C)Oc1cccc(C)c1C)CC(C)(C)O2. The quantitative estimate of drug-likeness (QED) is 0.826. The lowest BCUT2D eigenvalue weighted by molar-refractivity contribution is -0.128. The van der Waals surface area contributed by atoms with Gasteiger partial charge in [0, 0.05) is 12.0 Å². The Balaban J connectivity index is 1.78. The third-order valence-electron chi connectivity index (χ3n) is 5.22. The summed E-state index contributed by atoms with van der Waals surface area (Å²) in [4.78, 5) is 12.9. The Morgan fingerprint density at radius 3 is 2.71 bits per heavy atom. The summed E-state index contributed by atoms with van der Waals surface area (Å²) in [6.07, 6.45) is 0.0512. The highest BCUT2D eigenvalue weighted by molar-refractivity contribution is 5.81. The second-order valence-electron chi connectivity index (χ2n) is 7.99. The molecule has 1 N–H and O–H groups in total. The van der Waals surface area contributed by atoms with E-state index in [9.17, 15) is 4.79 Å². The molecule has 2 atom stereocenters. The van der Waals surface area contributed by atoms with E-state index in [4.69, 9.17) is 14.2 Å². The lowest BCUT2D eigenvalue weighted by Gasteiger charge is -2.38. The maximum absolute atomic E-state index is 12.9. The van der Waals surface area contributed by atoms with E-state index in [1.54, 1.807) is 14.0 Å². The molecule has 1 heterocycles. The van der Waals surface area contributed by atoms with Gasteiger partial charge in [-0.25, -0.2) is 0 Å². The summed E-state index contributed by atoms with van der Waals surface area (Å²) in [5.41, 5.74) is 2.73. The molecule has 5 nitrogen and oxygen atoms in total. The number of methoxy groups -OCH3 is 1. The van der Waals surface area contributed by atoms with E-state index in [2.05, 4.69) is 5.32 Å². The molecule has 0 aliphatic carbocycles. The molecule has 0 fully saturated rings. The van der Waals surface area contributed by atoms with Crippen molar-refractivity contribution in [3.05, 3.63) is 53.1 Å². The predicted molar refractivity (Wildman–Crippen MR) is 109 cm³/mol. The molecular formula is C23H29NO4. The van der Waals surface area contributed by atoms with E-state index < -0.39 is 6.10 Å². The van der Waals surface area contributed by atoms with E-state index in [0.717, 1.165) is 33.9 Å².